The number of piperidine rings is 1. The van der Waals surface area contributed by atoms with Crippen molar-refractivity contribution in [2.45, 2.75) is 42.0 Å². The summed E-state index contributed by atoms with van der Waals surface area (Å²) in [7, 11) is -3.78. The summed E-state index contributed by atoms with van der Waals surface area (Å²) in [6.45, 7) is 2.74. The van der Waals surface area contributed by atoms with Crippen LogP contribution in [0.15, 0.2) is 4.21 Å². The highest BCUT2D eigenvalue weighted by Crippen LogP contribution is 2.40. The molecule has 9 heteroatoms. The van der Waals surface area contributed by atoms with Crippen LogP contribution in [0.2, 0.25) is 0 Å². The van der Waals surface area contributed by atoms with Crippen LogP contribution in [0.4, 0.5) is 0 Å². The Labute approximate surface area is 144 Å². The number of hydrogen-bond donors (Lipinski definition) is 2. The minimum Gasteiger partial charge on any atom is -0.478 e. The average Bonchev–Trinajstić information content (AvgIpc) is 2.94. The van der Waals surface area contributed by atoms with E-state index in [1.54, 1.807) is 0 Å². The summed E-state index contributed by atoms with van der Waals surface area (Å²) < 4.78 is 33.2. The fourth-order valence-electron chi connectivity index (χ4n) is 3.74. The van der Waals surface area contributed by atoms with Crippen LogP contribution in [0.5, 0.6) is 0 Å². The third-order valence-corrected chi connectivity index (χ3v) is 8.91. The molecule has 2 fully saturated rings. The molecule has 0 unspecified atom stereocenters. The van der Waals surface area contributed by atoms with Gasteiger partial charge in [0.2, 0.25) is 0 Å². The van der Waals surface area contributed by atoms with Crippen LogP contribution in [-0.2, 0) is 27.7 Å². The Morgan fingerprint density at radius 1 is 1.29 bits per heavy atom. The third-order valence-electron chi connectivity index (χ3n) is 5.28. The van der Waals surface area contributed by atoms with Crippen molar-refractivity contribution in [1.29, 1.82) is 0 Å². The highest BCUT2D eigenvalue weighted by molar-refractivity contribution is 7.91. The number of fused-ring (bicyclic) bond motifs is 1. The molecule has 0 amide bonds. The smallest absolute Gasteiger partial charge is 0.338 e. The molecule has 0 radical (unpaired) electrons. The zero-order chi connectivity index (χ0) is 16.9. The van der Waals surface area contributed by atoms with Crippen LogP contribution < -0.4 is 5.32 Å². The summed E-state index contributed by atoms with van der Waals surface area (Å²) in [5.74, 6) is -1.15. The van der Waals surface area contributed by atoms with Gasteiger partial charge in [-0.3, -0.25) is 0 Å². The number of sulfonamides is 1. The maximum absolute atomic E-state index is 13.1. The van der Waals surface area contributed by atoms with Gasteiger partial charge in [0.15, 0.2) is 0 Å². The van der Waals surface area contributed by atoms with E-state index in [0.717, 1.165) is 29.2 Å². The van der Waals surface area contributed by atoms with E-state index < -0.39 is 16.0 Å². The number of rotatable bonds is 3. The first-order valence-corrected chi connectivity index (χ1v) is 10.4. The Balaban J connectivity index is 1.67. The number of nitrogens with one attached hydrogen (secondary N) is 1. The Kier molecular flexibility index (Phi) is 3.96. The normalized spacial score (nSPS) is 23.7. The van der Waals surface area contributed by atoms with Crippen molar-refractivity contribution in [2.75, 3.05) is 26.2 Å². The molecule has 1 aromatic rings. The second kappa shape index (κ2) is 5.77. The number of carboxylic acids is 1. The number of carbonyl (C=O) groups is 1. The van der Waals surface area contributed by atoms with Crippen LogP contribution in [0.1, 0.15) is 40.1 Å². The molecule has 4 rings (SSSR count). The molecule has 0 atom stereocenters. The minimum atomic E-state index is -3.78. The fourth-order valence-corrected chi connectivity index (χ4v) is 7.19. The summed E-state index contributed by atoms with van der Waals surface area (Å²) in [5.41, 5.74) is 0.526. The van der Waals surface area contributed by atoms with Gasteiger partial charge in [-0.25, -0.2) is 13.2 Å². The van der Waals surface area contributed by atoms with Gasteiger partial charge in [0.25, 0.3) is 10.0 Å². The average molecular weight is 372 g/mol. The van der Waals surface area contributed by atoms with Crippen LogP contribution in [-0.4, -0.2) is 55.6 Å². The van der Waals surface area contributed by atoms with Gasteiger partial charge in [-0.05, 0) is 37.8 Å². The molecular formula is C15H20N2O5S2. The van der Waals surface area contributed by atoms with Crippen molar-refractivity contribution in [3.05, 3.63) is 16.0 Å². The summed E-state index contributed by atoms with van der Waals surface area (Å²) in [6, 6.07) is 0. The highest BCUT2D eigenvalue weighted by atomic mass is 32.2. The SMILES string of the molecule is O=C(O)c1c(S(=O)(=O)N2CCC3(CCO3)CC2)sc2c1CCNC2. The summed E-state index contributed by atoms with van der Waals surface area (Å²) in [6.07, 6.45) is 2.91. The van der Waals surface area contributed by atoms with Crippen LogP contribution >= 0.6 is 11.3 Å². The number of aromatic carboxylic acids is 1. The zero-order valence-electron chi connectivity index (χ0n) is 13.2. The van der Waals surface area contributed by atoms with E-state index >= 15 is 0 Å². The molecule has 0 aromatic carbocycles. The standard InChI is InChI=1S/C15H20N2O5S2/c18-13(19)12-10-1-5-16-9-11(10)23-14(12)24(20,21)17-6-2-15(3-7-17)4-8-22-15/h16H,1-9H2,(H,18,19). The molecule has 0 bridgehead atoms. The maximum Gasteiger partial charge on any atom is 0.338 e. The Morgan fingerprint density at radius 2 is 2.00 bits per heavy atom. The fraction of sp³-hybridized carbons (Fsp3) is 0.667. The summed E-state index contributed by atoms with van der Waals surface area (Å²) in [5, 5.41) is 12.8. The quantitative estimate of drug-likeness (QED) is 0.823. The largest absolute Gasteiger partial charge is 0.478 e. The van der Waals surface area contributed by atoms with Crippen molar-refractivity contribution >= 4 is 27.3 Å². The van der Waals surface area contributed by atoms with Crippen LogP contribution in [0.25, 0.3) is 0 Å². The van der Waals surface area contributed by atoms with Gasteiger partial charge >= 0.3 is 5.97 Å². The first kappa shape index (κ1) is 16.5. The molecule has 4 heterocycles. The predicted molar refractivity (Wildman–Crippen MR) is 88.0 cm³/mol. The minimum absolute atomic E-state index is 0.00539. The van der Waals surface area contributed by atoms with E-state index in [9.17, 15) is 18.3 Å². The van der Waals surface area contributed by atoms with E-state index in [1.165, 1.54) is 4.31 Å². The van der Waals surface area contributed by atoms with Crippen LogP contribution in [0.3, 0.4) is 0 Å². The molecular weight excluding hydrogens is 352 g/mol. The van der Waals surface area contributed by atoms with Crippen molar-refractivity contribution in [3.8, 4) is 0 Å². The van der Waals surface area contributed by atoms with Crippen molar-refractivity contribution < 1.29 is 23.1 Å². The van der Waals surface area contributed by atoms with E-state index in [2.05, 4.69) is 5.32 Å². The molecule has 0 aliphatic carbocycles. The van der Waals surface area contributed by atoms with Crippen molar-refractivity contribution in [2.24, 2.45) is 0 Å². The molecule has 1 aromatic heterocycles. The number of thiophene rings is 1. The lowest BCUT2D eigenvalue weighted by Crippen LogP contribution is -2.53. The van der Waals surface area contributed by atoms with Gasteiger partial charge in [-0.2, -0.15) is 4.31 Å². The highest BCUT2D eigenvalue weighted by Gasteiger charge is 2.45. The zero-order valence-corrected chi connectivity index (χ0v) is 14.8. The number of hydrogen-bond acceptors (Lipinski definition) is 6. The lowest BCUT2D eigenvalue weighted by atomic mass is 9.85. The van der Waals surface area contributed by atoms with Crippen LogP contribution in [0, 0.1) is 0 Å². The molecule has 0 saturated carbocycles. The molecule has 2 N–H and O–H groups in total. The number of nitrogens with zero attached hydrogens (tertiary/aromatic N) is 1. The predicted octanol–water partition coefficient (Wildman–Crippen LogP) is 1.04. The first-order valence-electron chi connectivity index (χ1n) is 8.16. The van der Waals surface area contributed by atoms with E-state index in [1.807, 2.05) is 0 Å². The number of ether oxygens (including phenoxy) is 1. The van der Waals surface area contributed by atoms with Gasteiger partial charge in [0.1, 0.15) is 4.21 Å². The summed E-state index contributed by atoms with van der Waals surface area (Å²) >= 11 is 1.11. The van der Waals surface area contributed by atoms with Gasteiger partial charge in [-0.15, -0.1) is 11.3 Å². The second-order valence-electron chi connectivity index (χ2n) is 6.58. The molecule has 2 saturated heterocycles. The molecule has 24 heavy (non-hydrogen) atoms. The summed E-state index contributed by atoms with van der Waals surface area (Å²) in [4.78, 5) is 12.6. The van der Waals surface area contributed by atoms with E-state index in [4.69, 9.17) is 4.74 Å². The third kappa shape index (κ3) is 2.50. The van der Waals surface area contributed by atoms with Gasteiger partial charge in [-0.1, -0.05) is 0 Å². The topological polar surface area (TPSA) is 95.9 Å². The Morgan fingerprint density at radius 3 is 2.58 bits per heavy atom. The van der Waals surface area contributed by atoms with Gasteiger partial charge in [0.05, 0.1) is 17.8 Å². The lowest BCUT2D eigenvalue weighted by molar-refractivity contribution is -0.167. The van der Waals surface area contributed by atoms with Crippen molar-refractivity contribution in [3.63, 3.8) is 0 Å². The monoisotopic (exact) mass is 372 g/mol. The molecule has 1 spiro atoms. The first-order chi connectivity index (χ1) is 11.4. The maximum atomic E-state index is 13.1. The molecule has 132 valence electrons. The van der Waals surface area contributed by atoms with E-state index in [0.29, 0.717) is 51.0 Å². The van der Waals surface area contributed by atoms with E-state index in [-0.39, 0.29) is 15.4 Å². The number of carboxylic acid groups (broad SMARTS) is 1. The molecule has 3 aliphatic rings. The molecule has 7 nitrogen and oxygen atoms in total. The van der Waals surface area contributed by atoms with Gasteiger partial charge in [0, 0.05) is 24.5 Å². The Hall–Kier alpha value is -1.00. The van der Waals surface area contributed by atoms with Crippen molar-refractivity contribution in [1.82, 2.24) is 9.62 Å². The lowest BCUT2D eigenvalue weighted by Gasteiger charge is -2.47. The Bertz CT molecular complexity index is 772. The molecule has 3 aliphatic heterocycles. The second-order valence-corrected chi connectivity index (χ2v) is 9.82. The van der Waals surface area contributed by atoms with Gasteiger partial charge < -0.3 is 15.2 Å².